The van der Waals surface area contributed by atoms with E-state index in [9.17, 15) is 9.90 Å². The number of aliphatic hydroxyl groups excluding tert-OH is 1. The molecule has 1 aromatic carbocycles. The maximum atomic E-state index is 12.7. The second kappa shape index (κ2) is 7.29. The van der Waals surface area contributed by atoms with E-state index in [2.05, 4.69) is 0 Å². The molecule has 104 valence electrons. The molecule has 1 saturated heterocycles. The summed E-state index contributed by atoms with van der Waals surface area (Å²) >= 11 is 0. The van der Waals surface area contributed by atoms with Crippen LogP contribution in [0.4, 0.5) is 0 Å². The summed E-state index contributed by atoms with van der Waals surface area (Å²) in [5.74, 6) is -0.00792. The third-order valence-corrected chi connectivity index (χ3v) is 3.84. The molecule has 2 rings (SSSR count). The van der Waals surface area contributed by atoms with Crippen molar-refractivity contribution in [3.05, 3.63) is 35.9 Å². The molecule has 0 radical (unpaired) electrons. The van der Waals surface area contributed by atoms with Crippen LogP contribution in [0.1, 0.15) is 43.6 Å². The summed E-state index contributed by atoms with van der Waals surface area (Å²) in [7, 11) is 0. The van der Waals surface area contributed by atoms with Crippen LogP contribution in [0, 0.1) is 0 Å². The van der Waals surface area contributed by atoms with Gasteiger partial charge in [0.1, 0.15) is 0 Å². The van der Waals surface area contributed by atoms with E-state index >= 15 is 0 Å². The Morgan fingerprint density at radius 3 is 2.32 bits per heavy atom. The van der Waals surface area contributed by atoms with Gasteiger partial charge >= 0.3 is 0 Å². The number of hydrogen-bond acceptors (Lipinski definition) is 2. The first-order valence-corrected chi connectivity index (χ1v) is 7.27. The molecule has 0 saturated carbocycles. The van der Waals surface area contributed by atoms with Crippen molar-refractivity contribution in [3.63, 3.8) is 0 Å². The second-order valence-electron chi connectivity index (χ2n) is 5.22. The number of hydrogen-bond donors (Lipinski definition) is 1. The first kappa shape index (κ1) is 14.1. The average Bonchev–Trinajstić information content (AvgIpc) is 2.74. The summed E-state index contributed by atoms with van der Waals surface area (Å²) in [6.45, 7) is 1.79. The van der Waals surface area contributed by atoms with Crippen LogP contribution in [0.2, 0.25) is 0 Å². The van der Waals surface area contributed by atoms with Crippen LogP contribution in [0.25, 0.3) is 0 Å². The molecule has 1 N–H and O–H groups in total. The highest BCUT2D eigenvalue weighted by molar-refractivity contribution is 5.83. The molecule has 1 atom stereocenters. The van der Waals surface area contributed by atoms with Crippen molar-refractivity contribution in [2.24, 2.45) is 0 Å². The number of carbonyl (C=O) groups is 1. The Morgan fingerprint density at radius 1 is 1.11 bits per heavy atom. The fraction of sp³-hybridized carbons (Fsp3) is 0.562. The molecule has 1 aromatic rings. The molecule has 1 heterocycles. The van der Waals surface area contributed by atoms with Gasteiger partial charge in [-0.25, -0.2) is 0 Å². The smallest absolute Gasteiger partial charge is 0.230 e. The molecular formula is C16H23NO2. The number of aliphatic hydroxyl groups is 1. The second-order valence-corrected chi connectivity index (χ2v) is 5.22. The Kier molecular flexibility index (Phi) is 5.40. The summed E-state index contributed by atoms with van der Waals surface area (Å²) in [5.41, 5.74) is 1.02. The van der Waals surface area contributed by atoms with Crippen molar-refractivity contribution in [2.45, 2.75) is 38.0 Å². The quantitative estimate of drug-likeness (QED) is 0.905. The SMILES string of the molecule is O=C(C(CCO)c1ccccc1)N1CCCCCC1. The predicted molar refractivity (Wildman–Crippen MR) is 75.9 cm³/mol. The van der Waals surface area contributed by atoms with Crippen LogP contribution in [-0.2, 0) is 4.79 Å². The predicted octanol–water partition coefficient (Wildman–Crippen LogP) is 2.56. The first-order chi connectivity index (χ1) is 9.33. The monoisotopic (exact) mass is 261 g/mol. The van der Waals surface area contributed by atoms with E-state index in [0.29, 0.717) is 6.42 Å². The fourth-order valence-electron chi connectivity index (χ4n) is 2.76. The third kappa shape index (κ3) is 3.80. The third-order valence-electron chi connectivity index (χ3n) is 3.84. The molecule has 1 aliphatic heterocycles. The van der Waals surface area contributed by atoms with E-state index in [0.717, 1.165) is 31.5 Å². The Bertz CT molecular complexity index is 383. The molecular weight excluding hydrogens is 238 g/mol. The van der Waals surface area contributed by atoms with Gasteiger partial charge in [0.25, 0.3) is 0 Å². The van der Waals surface area contributed by atoms with Gasteiger partial charge in [0.05, 0.1) is 5.92 Å². The highest BCUT2D eigenvalue weighted by atomic mass is 16.3. The van der Waals surface area contributed by atoms with Crippen LogP contribution < -0.4 is 0 Å². The lowest BCUT2D eigenvalue weighted by atomic mass is 9.94. The van der Waals surface area contributed by atoms with E-state index in [4.69, 9.17) is 0 Å². The zero-order valence-electron chi connectivity index (χ0n) is 11.4. The van der Waals surface area contributed by atoms with Gasteiger partial charge in [0, 0.05) is 19.7 Å². The van der Waals surface area contributed by atoms with Crippen LogP contribution >= 0.6 is 0 Å². The molecule has 3 nitrogen and oxygen atoms in total. The zero-order chi connectivity index (χ0) is 13.5. The average molecular weight is 261 g/mol. The lowest BCUT2D eigenvalue weighted by Gasteiger charge is -2.26. The van der Waals surface area contributed by atoms with E-state index in [1.54, 1.807) is 0 Å². The summed E-state index contributed by atoms with van der Waals surface area (Å²) in [5, 5.41) is 9.23. The minimum atomic E-state index is -0.190. The van der Waals surface area contributed by atoms with Gasteiger partial charge in [-0.15, -0.1) is 0 Å². The summed E-state index contributed by atoms with van der Waals surface area (Å²) in [6, 6.07) is 9.83. The summed E-state index contributed by atoms with van der Waals surface area (Å²) in [6.07, 6.45) is 5.16. The highest BCUT2D eigenvalue weighted by Crippen LogP contribution is 2.23. The number of likely N-dealkylation sites (tertiary alicyclic amines) is 1. The van der Waals surface area contributed by atoms with E-state index in [-0.39, 0.29) is 18.4 Å². The zero-order valence-corrected chi connectivity index (χ0v) is 11.4. The first-order valence-electron chi connectivity index (χ1n) is 7.27. The van der Waals surface area contributed by atoms with Crippen molar-refractivity contribution in [3.8, 4) is 0 Å². The van der Waals surface area contributed by atoms with Gasteiger partial charge in [-0.2, -0.15) is 0 Å². The van der Waals surface area contributed by atoms with E-state index < -0.39 is 0 Å². The van der Waals surface area contributed by atoms with Gasteiger partial charge in [-0.3, -0.25) is 4.79 Å². The highest BCUT2D eigenvalue weighted by Gasteiger charge is 2.25. The largest absolute Gasteiger partial charge is 0.396 e. The van der Waals surface area contributed by atoms with Crippen molar-refractivity contribution < 1.29 is 9.90 Å². The van der Waals surface area contributed by atoms with Crippen LogP contribution in [0.5, 0.6) is 0 Å². The Labute approximate surface area is 115 Å². The number of nitrogens with zero attached hydrogens (tertiary/aromatic N) is 1. The van der Waals surface area contributed by atoms with Crippen LogP contribution in [0.3, 0.4) is 0 Å². The normalized spacial score (nSPS) is 17.8. The van der Waals surface area contributed by atoms with Gasteiger partial charge in [0.2, 0.25) is 5.91 Å². The van der Waals surface area contributed by atoms with E-state index in [1.807, 2.05) is 35.2 Å². The van der Waals surface area contributed by atoms with Gasteiger partial charge < -0.3 is 10.0 Å². The molecule has 3 heteroatoms. The minimum Gasteiger partial charge on any atom is -0.396 e. The molecule has 1 aliphatic rings. The van der Waals surface area contributed by atoms with Crippen LogP contribution in [-0.4, -0.2) is 35.6 Å². The molecule has 0 spiro atoms. The number of amides is 1. The molecule has 19 heavy (non-hydrogen) atoms. The van der Waals surface area contributed by atoms with Crippen LogP contribution in [0.15, 0.2) is 30.3 Å². The minimum absolute atomic E-state index is 0.0547. The van der Waals surface area contributed by atoms with Crippen molar-refractivity contribution in [1.29, 1.82) is 0 Å². The Morgan fingerprint density at radius 2 is 1.74 bits per heavy atom. The molecule has 1 amide bonds. The molecule has 1 fully saturated rings. The Balaban J connectivity index is 2.11. The molecule has 1 unspecified atom stereocenters. The standard InChI is InChI=1S/C16H23NO2/c18-13-10-15(14-8-4-3-5-9-14)16(19)17-11-6-1-2-7-12-17/h3-5,8-9,15,18H,1-2,6-7,10-13H2. The molecule has 0 bridgehead atoms. The molecule has 0 aliphatic carbocycles. The number of rotatable bonds is 4. The fourth-order valence-corrected chi connectivity index (χ4v) is 2.76. The summed E-state index contributed by atoms with van der Waals surface area (Å²) < 4.78 is 0. The summed E-state index contributed by atoms with van der Waals surface area (Å²) in [4.78, 5) is 14.6. The van der Waals surface area contributed by atoms with Crippen molar-refractivity contribution >= 4 is 5.91 Å². The van der Waals surface area contributed by atoms with Gasteiger partial charge in [-0.1, -0.05) is 43.2 Å². The number of carbonyl (C=O) groups excluding carboxylic acids is 1. The van der Waals surface area contributed by atoms with E-state index in [1.165, 1.54) is 12.8 Å². The topological polar surface area (TPSA) is 40.5 Å². The lowest BCUT2D eigenvalue weighted by Crippen LogP contribution is -2.36. The lowest BCUT2D eigenvalue weighted by molar-refractivity contribution is -0.133. The maximum Gasteiger partial charge on any atom is 0.230 e. The van der Waals surface area contributed by atoms with Gasteiger partial charge in [0.15, 0.2) is 0 Å². The maximum absolute atomic E-state index is 12.7. The van der Waals surface area contributed by atoms with Crippen molar-refractivity contribution in [2.75, 3.05) is 19.7 Å². The van der Waals surface area contributed by atoms with Crippen molar-refractivity contribution in [1.82, 2.24) is 4.90 Å². The number of benzene rings is 1. The van der Waals surface area contributed by atoms with Gasteiger partial charge in [-0.05, 0) is 24.8 Å². The Hall–Kier alpha value is -1.35. The molecule has 0 aromatic heterocycles.